The van der Waals surface area contributed by atoms with Gasteiger partial charge in [0.1, 0.15) is 23.1 Å². The third-order valence-corrected chi connectivity index (χ3v) is 11.5. The fourth-order valence-electron chi connectivity index (χ4n) is 9.40. The summed E-state index contributed by atoms with van der Waals surface area (Å²) in [6.07, 6.45) is 3.55. The quantitative estimate of drug-likeness (QED) is 0.265. The molecule has 0 aromatic carbocycles. The summed E-state index contributed by atoms with van der Waals surface area (Å²) in [5.41, 5.74) is -5.43. The molecule has 4 aliphatic rings. The second-order valence-electron chi connectivity index (χ2n) is 14.8. The Morgan fingerprint density at radius 2 is 1.65 bits per heavy atom. The van der Waals surface area contributed by atoms with Gasteiger partial charge < -0.3 is 20.1 Å². The van der Waals surface area contributed by atoms with Crippen LogP contribution in [-0.4, -0.2) is 62.0 Å². The van der Waals surface area contributed by atoms with Gasteiger partial charge in [-0.1, -0.05) is 32.4 Å². The Morgan fingerprint density at radius 3 is 2.23 bits per heavy atom. The van der Waals surface area contributed by atoms with Gasteiger partial charge in [0.25, 0.3) is 0 Å². The van der Waals surface area contributed by atoms with Crippen LogP contribution in [0.1, 0.15) is 88.0 Å². The van der Waals surface area contributed by atoms with Crippen molar-refractivity contribution >= 4 is 23.3 Å². The Kier molecular flexibility index (Phi) is 7.06. The van der Waals surface area contributed by atoms with Gasteiger partial charge in [0.2, 0.25) is 0 Å². The van der Waals surface area contributed by atoms with Gasteiger partial charge in [0, 0.05) is 30.1 Å². The van der Waals surface area contributed by atoms with Crippen LogP contribution in [0.2, 0.25) is 0 Å². The Bertz CT molecular complexity index is 1210. The zero-order valence-corrected chi connectivity index (χ0v) is 25.3. The summed E-state index contributed by atoms with van der Waals surface area (Å²) in [6.45, 7) is 15.4. The van der Waals surface area contributed by atoms with E-state index in [9.17, 15) is 34.5 Å². The summed E-state index contributed by atoms with van der Waals surface area (Å²) in [4.78, 5) is 52.1. The van der Waals surface area contributed by atoms with Gasteiger partial charge >= 0.3 is 5.97 Å². The molecule has 0 amide bonds. The van der Waals surface area contributed by atoms with Gasteiger partial charge in [-0.15, -0.1) is 0 Å². The van der Waals surface area contributed by atoms with Crippen molar-refractivity contribution in [2.45, 2.75) is 111 Å². The molecule has 0 unspecified atom stereocenters. The van der Waals surface area contributed by atoms with Gasteiger partial charge in [0.05, 0.1) is 6.10 Å². The second-order valence-corrected chi connectivity index (χ2v) is 14.8. The van der Waals surface area contributed by atoms with E-state index in [1.807, 2.05) is 27.7 Å². The largest absolute Gasteiger partial charge is 0.456 e. The van der Waals surface area contributed by atoms with Crippen molar-refractivity contribution in [3.05, 3.63) is 23.8 Å². The lowest BCUT2D eigenvalue weighted by molar-refractivity contribution is -0.183. The van der Waals surface area contributed by atoms with Gasteiger partial charge in [-0.05, 0) is 88.7 Å². The summed E-state index contributed by atoms with van der Waals surface area (Å²) in [5, 5.41) is 34.0. The topological polar surface area (TPSA) is 138 Å². The van der Waals surface area contributed by atoms with Crippen LogP contribution in [0.25, 0.3) is 0 Å². The molecule has 0 radical (unpaired) electrons. The summed E-state index contributed by atoms with van der Waals surface area (Å²) >= 11 is 0. The first-order valence-electron chi connectivity index (χ1n) is 14.4. The van der Waals surface area contributed by atoms with Crippen molar-refractivity contribution in [2.75, 3.05) is 0 Å². The van der Waals surface area contributed by atoms with Crippen LogP contribution in [-0.2, 0) is 23.9 Å². The first-order chi connectivity index (χ1) is 18.1. The molecule has 3 fully saturated rings. The van der Waals surface area contributed by atoms with E-state index in [1.54, 1.807) is 13.8 Å². The van der Waals surface area contributed by atoms with Crippen LogP contribution >= 0.6 is 0 Å². The minimum absolute atomic E-state index is 0.0284. The van der Waals surface area contributed by atoms with E-state index in [-0.39, 0.29) is 36.2 Å². The van der Waals surface area contributed by atoms with Gasteiger partial charge in [-0.25, -0.2) is 0 Å². The van der Waals surface area contributed by atoms with Crippen molar-refractivity contribution < 1.29 is 39.2 Å². The van der Waals surface area contributed by atoms with Crippen molar-refractivity contribution in [1.29, 1.82) is 0 Å². The molecule has 0 saturated heterocycles. The lowest BCUT2D eigenvalue weighted by Crippen LogP contribution is -2.65. The molecular formula is C32H46O8. The number of Topliss-reactive ketones (excluding diaryl/α,β-unsaturated/α-hetero) is 2. The van der Waals surface area contributed by atoms with E-state index in [4.69, 9.17) is 4.74 Å². The fourth-order valence-corrected chi connectivity index (χ4v) is 9.40. The Hall–Kier alpha value is -2.16. The molecule has 4 rings (SSSR count). The number of carbonyl (C=O) groups is 4. The fraction of sp³-hybridized carbons (Fsp3) is 0.750. The molecule has 0 spiro atoms. The zero-order valence-electron chi connectivity index (χ0n) is 25.3. The lowest BCUT2D eigenvalue weighted by Gasteiger charge is -2.64. The molecule has 3 N–H and O–H groups in total. The summed E-state index contributed by atoms with van der Waals surface area (Å²) < 4.78 is 5.23. The van der Waals surface area contributed by atoms with Crippen molar-refractivity contribution in [1.82, 2.24) is 0 Å². The van der Waals surface area contributed by atoms with Crippen molar-refractivity contribution in [3.8, 4) is 0 Å². The molecule has 0 aromatic heterocycles. The number of carbonyl (C=O) groups excluding carboxylic acids is 4. The van der Waals surface area contributed by atoms with Gasteiger partial charge in [-0.3, -0.25) is 19.2 Å². The maximum absolute atomic E-state index is 14.3. The molecule has 0 heterocycles. The van der Waals surface area contributed by atoms with E-state index in [0.29, 0.717) is 12.8 Å². The number of fused-ring (bicyclic) bond motifs is 5. The molecule has 4 aliphatic carbocycles. The predicted octanol–water partition coefficient (Wildman–Crippen LogP) is 3.50. The Labute approximate surface area is 237 Å². The van der Waals surface area contributed by atoms with Crippen molar-refractivity contribution in [3.63, 3.8) is 0 Å². The van der Waals surface area contributed by atoms with Crippen LogP contribution in [0, 0.1) is 39.4 Å². The SMILES string of the molecule is CC(=O)OC(C)(C)/C=C/C(=O)[C@@](C)(O)[C@@H]1[C@@H](O)C[C@]2(C)[C@H]3CC=C4[C@H](C[C@@H](O)C(=O)C4(C)C)[C@@]3(C)C(=O)C[C@@]12C. The predicted molar refractivity (Wildman–Crippen MR) is 148 cm³/mol. The normalized spacial score (nSPS) is 42.4. The second kappa shape index (κ2) is 9.17. The van der Waals surface area contributed by atoms with Crippen molar-refractivity contribution in [2.24, 2.45) is 39.4 Å². The van der Waals surface area contributed by atoms with Crippen LogP contribution in [0.3, 0.4) is 0 Å². The standard InChI is InChI=1S/C32H46O8/c1-17(33)40-27(2,3)13-12-23(36)32(9,39)25-21(35)15-29(6)22-11-10-18-19(14-20(34)26(38)28(18,4)5)31(22,8)24(37)16-30(25,29)7/h10,12-13,19-22,25,34-35,39H,11,14-16H2,1-9H3/b13-12+/t19-,20+,21-,22+,25+,29+,30-,31+,32+/m0/s1. The van der Waals surface area contributed by atoms with E-state index >= 15 is 0 Å². The molecule has 0 aromatic rings. The number of rotatable bonds is 5. The van der Waals surface area contributed by atoms with Crippen LogP contribution in [0.5, 0.6) is 0 Å². The third kappa shape index (κ3) is 4.11. The lowest BCUT2D eigenvalue weighted by atomic mass is 9.38. The monoisotopic (exact) mass is 558 g/mol. The highest BCUT2D eigenvalue weighted by molar-refractivity contribution is 5.98. The molecule has 3 saturated carbocycles. The molecule has 8 heteroatoms. The Morgan fingerprint density at radius 1 is 1.05 bits per heavy atom. The smallest absolute Gasteiger partial charge is 0.303 e. The minimum Gasteiger partial charge on any atom is -0.456 e. The molecule has 222 valence electrons. The van der Waals surface area contributed by atoms with Crippen LogP contribution in [0.4, 0.5) is 0 Å². The molecule has 9 atom stereocenters. The van der Waals surface area contributed by atoms with E-state index in [0.717, 1.165) is 5.57 Å². The molecular weight excluding hydrogens is 512 g/mol. The highest BCUT2D eigenvalue weighted by atomic mass is 16.6. The average Bonchev–Trinajstić information content (AvgIpc) is 3.01. The number of allylic oxidation sites excluding steroid dienone is 2. The number of aliphatic hydroxyl groups excluding tert-OH is 2. The number of esters is 1. The third-order valence-electron chi connectivity index (χ3n) is 11.5. The molecule has 0 aliphatic heterocycles. The zero-order chi connectivity index (χ0) is 30.4. The average molecular weight is 559 g/mol. The highest BCUT2D eigenvalue weighted by Crippen LogP contribution is 2.74. The number of ether oxygens (including phenoxy) is 1. The van der Waals surface area contributed by atoms with Gasteiger partial charge in [0.15, 0.2) is 11.6 Å². The van der Waals surface area contributed by atoms with Gasteiger partial charge in [-0.2, -0.15) is 0 Å². The first kappa shape index (κ1) is 30.8. The maximum Gasteiger partial charge on any atom is 0.303 e. The first-order valence-corrected chi connectivity index (χ1v) is 14.4. The maximum atomic E-state index is 14.3. The highest BCUT2D eigenvalue weighted by Gasteiger charge is 2.74. The minimum atomic E-state index is -1.99. The number of hydrogen-bond donors (Lipinski definition) is 3. The van der Waals surface area contributed by atoms with E-state index in [2.05, 4.69) is 13.0 Å². The van der Waals surface area contributed by atoms with E-state index in [1.165, 1.54) is 26.0 Å². The van der Waals surface area contributed by atoms with Crippen LogP contribution < -0.4 is 0 Å². The Balaban J connectivity index is 1.75. The van der Waals surface area contributed by atoms with Crippen LogP contribution in [0.15, 0.2) is 23.8 Å². The summed E-state index contributed by atoms with van der Waals surface area (Å²) in [6, 6.07) is 0. The number of ketones is 3. The summed E-state index contributed by atoms with van der Waals surface area (Å²) in [7, 11) is 0. The van der Waals surface area contributed by atoms with E-state index < -0.39 is 62.7 Å². The molecule has 0 bridgehead atoms. The molecule has 8 nitrogen and oxygen atoms in total. The molecule has 40 heavy (non-hydrogen) atoms. The number of aliphatic hydroxyl groups is 3. The summed E-state index contributed by atoms with van der Waals surface area (Å²) in [5.74, 6) is -2.85. The number of hydrogen-bond acceptors (Lipinski definition) is 8.